The van der Waals surface area contributed by atoms with Crippen LogP contribution in [0.3, 0.4) is 0 Å². The second kappa shape index (κ2) is 7.86. The van der Waals surface area contributed by atoms with Gasteiger partial charge < -0.3 is 19.3 Å². The lowest BCUT2D eigenvalue weighted by molar-refractivity contribution is -0.146. The highest BCUT2D eigenvalue weighted by Gasteiger charge is 2.27. The van der Waals surface area contributed by atoms with Gasteiger partial charge in [-0.3, -0.25) is 9.59 Å². The fraction of sp³-hybridized carbons (Fsp3) is 0.526. The van der Waals surface area contributed by atoms with Crippen LogP contribution in [-0.2, 0) is 19.1 Å². The van der Waals surface area contributed by atoms with E-state index in [9.17, 15) is 14.4 Å². The Morgan fingerprint density at radius 3 is 2.62 bits per heavy atom. The molecule has 7 nitrogen and oxygen atoms in total. The van der Waals surface area contributed by atoms with E-state index in [-0.39, 0.29) is 30.6 Å². The number of benzene rings is 1. The summed E-state index contributed by atoms with van der Waals surface area (Å²) < 4.78 is 10.8. The molecule has 2 saturated heterocycles. The Kier molecular flexibility index (Phi) is 5.56. The van der Waals surface area contributed by atoms with Gasteiger partial charge in [-0.2, -0.15) is 0 Å². The Morgan fingerprint density at radius 2 is 1.96 bits per heavy atom. The van der Waals surface area contributed by atoms with Gasteiger partial charge in [0.1, 0.15) is 0 Å². The minimum absolute atomic E-state index is 0.0342. The van der Waals surface area contributed by atoms with E-state index >= 15 is 0 Å². The molecule has 1 aromatic rings. The van der Waals surface area contributed by atoms with Crippen molar-refractivity contribution in [2.24, 2.45) is 0 Å². The van der Waals surface area contributed by atoms with Crippen LogP contribution in [0.25, 0.3) is 0 Å². The Balaban J connectivity index is 1.58. The summed E-state index contributed by atoms with van der Waals surface area (Å²) in [4.78, 5) is 39.7. The van der Waals surface area contributed by atoms with Gasteiger partial charge in [0.15, 0.2) is 6.61 Å². The first-order valence-electron chi connectivity index (χ1n) is 8.95. The summed E-state index contributed by atoms with van der Waals surface area (Å²) in [6.07, 6.45) is 1.28. The van der Waals surface area contributed by atoms with Crippen molar-refractivity contribution in [1.82, 2.24) is 4.90 Å². The van der Waals surface area contributed by atoms with E-state index in [4.69, 9.17) is 9.47 Å². The molecule has 2 amide bonds. The number of carbonyl (C=O) groups is 3. The SMILES string of the molecule is C[C@@H]1CN(C(=O)COC(=O)c2cccc(N3CCCC3=O)c2)C[C@H](C)O1. The van der Waals surface area contributed by atoms with E-state index < -0.39 is 5.97 Å². The maximum Gasteiger partial charge on any atom is 0.338 e. The van der Waals surface area contributed by atoms with Crippen LogP contribution in [0.15, 0.2) is 24.3 Å². The fourth-order valence-corrected chi connectivity index (χ4v) is 3.41. The molecule has 2 aliphatic rings. The van der Waals surface area contributed by atoms with Crippen molar-refractivity contribution in [2.45, 2.75) is 38.9 Å². The quantitative estimate of drug-likeness (QED) is 0.763. The number of hydrogen-bond donors (Lipinski definition) is 0. The number of amides is 2. The number of morpholine rings is 1. The standard InChI is InChI=1S/C19H24N2O5/c1-13-10-20(11-14(2)26-13)18(23)12-25-19(24)15-5-3-6-16(9-15)21-8-4-7-17(21)22/h3,5-6,9,13-14H,4,7-8,10-12H2,1-2H3/t13-,14+. The Hall–Kier alpha value is -2.41. The first-order valence-corrected chi connectivity index (χ1v) is 8.95. The molecule has 0 aliphatic carbocycles. The van der Waals surface area contributed by atoms with Crippen molar-refractivity contribution in [3.8, 4) is 0 Å². The molecular weight excluding hydrogens is 336 g/mol. The van der Waals surface area contributed by atoms with Crippen molar-refractivity contribution in [3.05, 3.63) is 29.8 Å². The topological polar surface area (TPSA) is 76.2 Å². The van der Waals surface area contributed by atoms with Crippen molar-refractivity contribution < 1.29 is 23.9 Å². The van der Waals surface area contributed by atoms with Gasteiger partial charge in [-0.1, -0.05) is 6.07 Å². The zero-order chi connectivity index (χ0) is 18.7. The normalized spacial score (nSPS) is 23.2. The minimum Gasteiger partial charge on any atom is -0.452 e. The van der Waals surface area contributed by atoms with Crippen molar-refractivity contribution in [2.75, 3.05) is 31.1 Å². The Morgan fingerprint density at radius 1 is 1.23 bits per heavy atom. The molecule has 0 N–H and O–H groups in total. The van der Waals surface area contributed by atoms with E-state index in [1.807, 2.05) is 13.8 Å². The summed E-state index contributed by atoms with van der Waals surface area (Å²) in [7, 11) is 0. The maximum atomic E-state index is 12.3. The zero-order valence-corrected chi connectivity index (χ0v) is 15.1. The molecule has 140 valence electrons. The van der Waals surface area contributed by atoms with Crippen LogP contribution in [0, 0.1) is 0 Å². The number of anilines is 1. The molecule has 2 fully saturated rings. The molecule has 2 heterocycles. The molecule has 1 aromatic carbocycles. The second-order valence-corrected chi connectivity index (χ2v) is 6.83. The first kappa shape index (κ1) is 18.4. The first-order chi connectivity index (χ1) is 12.4. The number of rotatable bonds is 4. The molecule has 0 saturated carbocycles. The van der Waals surface area contributed by atoms with Crippen LogP contribution in [0.4, 0.5) is 5.69 Å². The lowest BCUT2D eigenvalue weighted by atomic mass is 10.2. The predicted octanol–water partition coefficient (Wildman–Crippen LogP) is 1.61. The van der Waals surface area contributed by atoms with Gasteiger partial charge >= 0.3 is 5.97 Å². The molecule has 0 radical (unpaired) electrons. The largest absolute Gasteiger partial charge is 0.452 e. The average Bonchev–Trinajstić information content (AvgIpc) is 3.04. The monoisotopic (exact) mass is 360 g/mol. The predicted molar refractivity (Wildman–Crippen MR) is 94.9 cm³/mol. The molecule has 0 aromatic heterocycles. The minimum atomic E-state index is -0.568. The molecule has 0 spiro atoms. The smallest absolute Gasteiger partial charge is 0.338 e. The van der Waals surface area contributed by atoms with Gasteiger partial charge in [-0.25, -0.2) is 4.79 Å². The molecule has 0 bridgehead atoms. The fourth-order valence-electron chi connectivity index (χ4n) is 3.41. The Labute approximate surface area is 152 Å². The van der Waals surface area contributed by atoms with Crippen LogP contribution < -0.4 is 4.90 Å². The number of carbonyl (C=O) groups excluding carboxylic acids is 3. The lowest BCUT2D eigenvalue weighted by Crippen LogP contribution is -2.49. The third-order valence-corrected chi connectivity index (χ3v) is 4.57. The number of hydrogen-bond acceptors (Lipinski definition) is 5. The molecule has 0 unspecified atom stereocenters. The van der Waals surface area contributed by atoms with Crippen LogP contribution in [0.5, 0.6) is 0 Å². The van der Waals surface area contributed by atoms with E-state index in [0.29, 0.717) is 37.3 Å². The lowest BCUT2D eigenvalue weighted by Gasteiger charge is -2.35. The number of ether oxygens (including phenoxy) is 2. The van der Waals surface area contributed by atoms with Crippen molar-refractivity contribution in [3.63, 3.8) is 0 Å². The third-order valence-electron chi connectivity index (χ3n) is 4.57. The van der Waals surface area contributed by atoms with Gasteiger partial charge in [0.2, 0.25) is 5.91 Å². The molecule has 2 aliphatic heterocycles. The Bertz CT molecular complexity index is 695. The number of esters is 1. The second-order valence-electron chi connectivity index (χ2n) is 6.83. The molecule has 7 heteroatoms. The maximum absolute atomic E-state index is 12.3. The number of nitrogens with zero attached hydrogens (tertiary/aromatic N) is 2. The van der Waals surface area contributed by atoms with Crippen LogP contribution in [0.2, 0.25) is 0 Å². The van der Waals surface area contributed by atoms with Crippen LogP contribution >= 0.6 is 0 Å². The van der Waals surface area contributed by atoms with Crippen LogP contribution in [0.1, 0.15) is 37.0 Å². The molecule has 2 atom stereocenters. The van der Waals surface area contributed by atoms with E-state index in [1.54, 1.807) is 34.1 Å². The van der Waals surface area contributed by atoms with Crippen molar-refractivity contribution >= 4 is 23.5 Å². The summed E-state index contributed by atoms with van der Waals surface area (Å²) in [5.74, 6) is -0.742. The van der Waals surface area contributed by atoms with E-state index in [1.165, 1.54) is 0 Å². The van der Waals surface area contributed by atoms with Crippen molar-refractivity contribution in [1.29, 1.82) is 0 Å². The summed E-state index contributed by atoms with van der Waals surface area (Å²) in [6, 6.07) is 6.76. The molecule has 26 heavy (non-hydrogen) atoms. The van der Waals surface area contributed by atoms with Gasteiger partial charge in [0.25, 0.3) is 5.91 Å². The highest BCUT2D eigenvalue weighted by atomic mass is 16.5. The average molecular weight is 360 g/mol. The van der Waals surface area contributed by atoms with Gasteiger partial charge in [0, 0.05) is 31.7 Å². The van der Waals surface area contributed by atoms with Crippen LogP contribution in [-0.4, -0.2) is 61.1 Å². The summed E-state index contributed by atoms with van der Waals surface area (Å²) >= 11 is 0. The van der Waals surface area contributed by atoms with Gasteiger partial charge in [0.05, 0.1) is 17.8 Å². The molecular formula is C19H24N2O5. The highest BCUT2D eigenvalue weighted by Crippen LogP contribution is 2.22. The van der Waals surface area contributed by atoms with E-state index in [0.717, 1.165) is 6.42 Å². The summed E-state index contributed by atoms with van der Waals surface area (Å²) in [5.41, 5.74) is 1.02. The zero-order valence-electron chi connectivity index (χ0n) is 15.1. The third kappa shape index (κ3) is 4.22. The van der Waals surface area contributed by atoms with Gasteiger partial charge in [-0.05, 0) is 38.5 Å². The summed E-state index contributed by atoms with van der Waals surface area (Å²) in [6.45, 7) is 5.16. The van der Waals surface area contributed by atoms with Gasteiger partial charge in [-0.15, -0.1) is 0 Å². The highest BCUT2D eigenvalue weighted by molar-refractivity contribution is 5.97. The molecule has 3 rings (SSSR count). The van der Waals surface area contributed by atoms with E-state index in [2.05, 4.69) is 0 Å². The summed E-state index contributed by atoms with van der Waals surface area (Å²) in [5, 5.41) is 0.